The monoisotopic (exact) mass is 343 g/mol. The van der Waals surface area contributed by atoms with Gasteiger partial charge in [0.05, 0.1) is 10.6 Å². The van der Waals surface area contributed by atoms with Crippen molar-refractivity contribution >= 4 is 27.3 Å². The number of amides is 1. The van der Waals surface area contributed by atoms with E-state index in [1.807, 2.05) is 6.07 Å². The number of rotatable bonds is 1. The highest BCUT2D eigenvalue weighted by Crippen LogP contribution is 2.34. The molecule has 1 aliphatic rings. The van der Waals surface area contributed by atoms with Crippen molar-refractivity contribution < 1.29 is 9.18 Å². The Morgan fingerprint density at radius 3 is 3.04 bits per heavy atom. The largest absolute Gasteiger partial charge is 0.333 e. The fourth-order valence-corrected chi connectivity index (χ4v) is 4.31. The third-order valence-corrected chi connectivity index (χ3v) is 5.59. The van der Waals surface area contributed by atoms with E-state index in [4.69, 9.17) is 0 Å². The molecule has 1 N–H and O–H groups in total. The minimum absolute atomic E-state index is 0.126. The summed E-state index contributed by atoms with van der Waals surface area (Å²) in [5.41, 5.74) is 1.98. The molecule has 1 aliphatic heterocycles. The molecule has 7 heteroatoms. The Morgan fingerprint density at radius 1 is 1.42 bits per heavy atom. The predicted molar refractivity (Wildman–Crippen MR) is 89.8 cm³/mol. The first-order valence-corrected chi connectivity index (χ1v) is 8.40. The number of nitrogens with one attached hydrogen (secondary N) is 1. The molecule has 0 saturated carbocycles. The zero-order valence-corrected chi connectivity index (χ0v) is 13.7. The molecule has 0 spiro atoms. The number of thiophene rings is 1. The molecule has 0 saturated heterocycles. The number of nitrogens with zero attached hydrogens (tertiary/aromatic N) is 2. The number of halogens is 1. The molecule has 0 aliphatic carbocycles. The zero-order valence-electron chi connectivity index (χ0n) is 12.9. The van der Waals surface area contributed by atoms with Crippen LogP contribution in [0, 0.1) is 12.7 Å². The first kappa shape index (κ1) is 15.0. The van der Waals surface area contributed by atoms with E-state index in [2.05, 4.69) is 10.2 Å². The van der Waals surface area contributed by atoms with Crippen LogP contribution in [0.25, 0.3) is 10.1 Å². The Hall–Kier alpha value is -2.54. The van der Waals surface area contributed by atoms with E-state index >= 15 is 0 Å². The molecular formula is C17H14FN3O2S. The fraction of sp³-hybridized carbons (Fsp3) is 0.235. The Balaban J connectivity index is 1.71. The van der Waals surface area contributed by atoms with E-state index in [0.717, 1.165) is 16.0 Å². The SMILES string of the molecule is Cc1c(C(=O)N2CCc3n[nH]c(=O)cc3C2)sc2cccc(F)c12. The molecule has 24 heavy (non-hydrogen) atoms. The number of aromatic amines is 1. The topological polar surface area (TPSA) is 66.1 Å². The Labute approximate surface area is 140 Å². The molecule has 3 aromatic rings. The van der Waals surface area contributed by atoms with Gasteiger partial charge in [0.2, 0.25) is 0 Å². The van der Waals surface area contributed by atoms with Crippen molar-refractivity contribution in [2.45, 2.75) is 19.9 Å². The summed E-state index contributed by atoms with van der Waals surface area (Å²) in [5.74, 6) is -0.431. The lowest BCUT2D eigenvalue weighted by Crippen LogP contribution is -2.37. The zero-order chi connectivity index (χ0) is 16.8. The van der Waals surface area contributed by atoms with Gasteiger partial charge < -0.3 is 4.90 Å². The molecule has 2 aromatic heterocycles. The molecule has 1 aromatic carbocycles. The van der Waals surface area contributed by atoms with Crippen LogP contribution in [0.4, 0.5) is 4.39 Å². The summed E-state index contributed by atoms with van der Waals surface area (Å²) >= 11 is 1.31. The van der Waals surface area contributed by atoms with Crippen molar-refractivity contribution in [1.82, 2.24) is 15.1 Å². The second-order valence-electron chi connectivity index (χ2n) is 5.85. The van der Waals surface area contributed by atoms with Gasteiger partial charge in [0, 0.05) is 41.2 Å². The number of H-pyrrole nitrogens is 1. The van der Waals surface area contributed by atoms with Crippen molar-refractivity contribution in [3.63, 3.8) is 0 Å². The van der Waals surface area contributed by atoms with Crippen LogP contribution in [-0.2, 0) is 13.0 Å². The number of hydrogen-bond acceptors (Lipinski definition) is 4. The second kappa shape index (κ2) is 5.52. The summed E-state index contributed by atoms with van der Waals surface area (Å²) in [5, 5.41) is 6.96. The lowest BCUT2D eigenvalue weighted by Gasteiger charge is -2.27. The Bertz CT molecular complexity index is 1020. The van der Waals surface area contributed by atoms with Crippen LogP contribution in [0.5, 0.6) is 0 Å². The fourth-order valence-electron chi connectivity index (χ4n) is 3.12. The van der Waals surface area contributed by atoms with Gasteiger partial charge >= 0.3 is 0 Å². The molecule has 0 fully saturated rings. The summed E-state index contributed by atoms with van der Waals surface area (Å²) in [7, 11) is 0. The number of hydrogen-bond donors (Lipinski definition) is 1. The maximum atomic E-state index is 14.0. The molecule has 122 valence electrons. The van der Waals surface area contributed by atoms with Gasteiger partial charge in [-0.2, -0.15) is 5.10 Å². The summed E-state index contributed by atoms with van der Waals surface area (Å²) in [6.45, 7) is 2.65. The maximum Gasteiger partial charge on any atom is 0.264 e. The highest BCUT2D eigenvalue weighted by molar-refractivity contribution is 7.21. The normalized spacial score (nSPS) is 14.0. The smallest absolute Gasteiger partial charge is 0.264 e. The van der Waals surface area contributed by atoms with Crippen LogP contribution >= 0.6 is 11.3 Å². The molecule has 0 atom stereocenters. The van der Waals surface area contributed by atoms with E-state index in [1.165, 1.54) is 23.5 Å². The average Bonchev–Trinajstić information content (AvgIpc) is 2.91. The minimum Gasteiger partial charge on any atom is -0.333 e. The molecular weight excluding hydrogens is 329 g/mol. The second-order valence-corrected chi connectivity index (χ2v) is 6.90. The number of aromatic nitrogens is 2. The van der Waals surface area contributed by atoms with E-state index in [1.54, 1.807) is 17.9 Å². The van der Waals surface area contributed by atoms with Crippen LogP contribution in [0.1, 0.15) is 26.5 Å². The predicted octanol–water partition coefficient (Wildman–Crippen LogP) is 2.63. The van der Waals surface area contributed by atoms with Gasteiger partial charge in [-0.3, -0.25) is 9.59 Å². The summed E-state index contributed by atoms with van der Waals surface area (Å²) in [6.07, 6.45) is 0.593. The third kappa shape index (κ3) is 2.32. The van der Waals surface area contributed by atoms with Crippen LogP contribution in [-0.4, -0.2) is 27.5 Å². The Kier molecular flexibility index (Phi) is 3.45. The van der Waals surface area contributed by atoms with Gasteiger partial charge in [0.25, 0.3) is 11.5 Å². The van der Waals surface area contributed by atoms with Crippen molar-refractivity contribution in [2.75, 3.05) is 6.54 Å². The van der Waals surface area contributed by atoms with Gasteiger partial charge in [-0.15, -0.1) is 11.3 Å². The highest BCUT2D eigenvalue weighted by Gasteiger charge is 2.26. The van der Waals surface area contributed by atoms with E-state index in [9.17, 15) is 14.0 Å². The number of carbonyl (C=O) groups excluding carboxylic acids is 1. The molecule has 0 radical (unpaired) electrons. The molecule has 3 heterocycles. The maximum absolute atomic E-state index is 14.0. The van der Waals surface area contributed by atoms with Gasteiger partial charge in [-0.05, 0) is 24.6 Å². The summed E-state index contributed by atoms with van der Waals surface area (Å²) in [6, 6.07) is 6.36. The van der Waals surface area contributed by atoms with Crippen molar-refractivity contribution in [2.24, 2.45) is 0 Å². The Morgan fingerprint density at radius 2 is 2.25 bits per heavy atom. The van der Waals surface area contributed by atoms with Crippen LogP contribution in [0.3, 0.4) is 0 Å². The molecule has 0 bridgehead atoms. The third-order valence-electron chi connectivity index (χ3n) is 4.34. The van der Waals surface area contributed by atoms with Crippen molar-refractivity contribution in [1.29, 1.82) is 0 Å². The van der Waals surface area contributed by atoms with Gasteiger partial charge in [-0.1, -0.05) is 6.07 Å². The molecule has 1 amide bonds. The number of carbonyl (C=O) groups is 1. The van der Waals surface area contributed by atoms with Crippen LogP contribution in [0.2, 0.25) is 0 Å². The van der Waals surface area contributed by atoms with Crippen LogP contribution < -0.4 is 5.56 Å². The van der Waals surface area contributed by atoms with Crippen molar-refractivity contribution in [3.8, 4) is 0 Å². The number of aryl methyl sites for hydroxylation is 1. The molecule has 0 unspecified atom stereocenters. The minimum atomic E-state index is -0.306. The molecule has 5 nitrogen and oxygen atoms in total. The average molecular weight is 343 g/mol. The lowest BCUT2D eigenvalue weighted by molar-refractivity contribution is 0.0737. The van der Waals surface area contributed by atoms with Crippen molar-refractivity contribution in [3.05, 3.63) is 62.1 Å². The summed E-state index contributed by atoms with van der Waals surface area (Å²) < 4.78 is 14.8. The first-order chi connectivity index (χ1) is 11.5. The van der Waals surface area contributed by atoms with Crippen LogP contribution in [0.15, 0.2) is 29.1 Å². The standard InChI is InChI=1S/C17H14FN3O2S/c1-9-15-11(18)3-2-4-13(15)24-16(9)17(23)21-6-5-12-10(8-21)7-14(22)20-19-12/h2-4,7H,5-6,8H2,1H3,(H,20,22). The number of benzene rings is 1. The first-order valence-electron chi connectivity index (χ1n) is 7.59. The quantitative estimate of drug-likeness (QED) is 0.739. The summed E-state index contributed by atoms with van der Waals surface area (Å²) in [4.78, 5) is 26.6. The van der Waals surface area contributed by atoms with E-state index in [-0.39, 0.29) is 17.3 Å². The van der Waals surface area contributed by atoms with E-state index in [0.29, 0.717) is 35.3 Å². The van der Waals surface area contributed by atoms with Gasteiger partial charge in [-0.25, -0.2) is 9.49 Å². The van der Waals surface area contributed by atoms with E-state index < -0.39 is 0 Å². The lowest BCUT2D eigenvalue weighted by atomic mass is 10.1. The van der Waals surface area contributed by atoms with Gasteiger partial charge in [0.1, 0.15) is 5.82 Å². The molecule has 4 rings (SSSR count). The number of fused-ring (bicyclic) bond motifs is 2. The van der Waals surface area contributed by atoms with Gasteiger partial charge in [0.15, 0.2) is 0 Å². The highest BCUT2D eigenvalue weighted by atomic mass is 32.1.